The van der Waals surface area contributed by atoms with E-state index in [1.807, 2.05) is 12.1 Å². The number of hydrogen-bond donors (Lipinski definition) is 3. The number of nitrogens with zero attached hydrogens (tertiary/aromatic N) is 6. The summed E-state index contributed by atoms with van der Waals surface area (Å²) in [6, 6.07) is 9.04. The van der Waals surface area contributed by atoms with Gasteiger partial charge in [0.25, 0.3) is 5.91 Å². The van der Waals surface area contributed by atoms with E-state index in [1.165, 1.54) is 26.2 Å². The molecular formula is C22H21FN8O2S. The van der Waals surface area contributed by atoms with Gasteiger partial charge in [-0.3, -0.25) is 9.78 Å². The van der Waals surface area contributed by atoms with E-state index in [2.05, 4.69) is 36.1 Å². The molecule has 4 aromatic heterocycles. The van der Waals surface area contributed by atoms with E-state index < -0.39 is 17.7 Å². The van der Waals surface area contributed by atoms with Crippen LogP contribution in [-0.2, 0) is 0 Å². The van der Waals surface area contributed by atoms with Gasteiger partial charge in [0.05, 0.1) is 52.1 Å². The number of aliphatic hydroxyl groups is 1. The molecule has 4 heterocycles. The van der Waals surface area contributed by atoms with Gasteiger partial charge in [0.1, 0.15) is 18.1 Å². The van der Waals surface area contributed by atoms with Gasteiger partial charge in [0, 0.05) is 17.7 Å². The number of hydrogen-bond acceptors (Lipinski definition) is 9. The van der Waals surface area contributed by atoms with Gasteiger partial charge in [-0.1, -0.05) is 0 Å². The van der Waals surface area contributed by atoms with Crippen LogP contribution >= 0.6 is 11.5 Å². The van der Waals surface area contributed by atoms with E-state index in [-0.39, 0.29) is 12.1 Å². The van der Waals surface area contributed by atoms with Gasteiger partial charge in [-0.2, -0.15) is 14.7 Å². The molecule has 0 aliphatic carbocycles. The number of carbonyl (C=O) groups excluding carboxylic acids is 1. The van der Waals surface area contributed by atoms with Gasteiger partial charge in [-0.05, 0) is 45.0 Å². The molecule has 10 nitrogen and oxygen atoms in total. The second-order valence-electron chi connectivity index (χ2n) is 8.13. The van der Waals surface area contributed by atoms with Crippen molar-refractivity contribution in [1.82, 2.24) is 29.3 Å². The van der Waals surface area contributed by atoms with Gasteiger partial charge in [-0.25, -0.2) is 13.9 Å². The molecule has 34 heavy (non-hydrogen) atoms. The molecule has 0 saturated heterocycles. The topological polar surface area (TPSA) is 141 Å². The normalized spacial score (nSPS) is 12.4. The summed E-state index contributed by atoms with van der Waals surface area (Å²) < 4.78 is 19.9. The van der Waals surface area contributed by atoms with Crippen LogP contribution in [0, 0.1) is 18.3 Å². The predicted molar refractivity (Wildman–Crippen MR) is 125 cm³/mol. The van der Waals surface area contributed by atoms with Crippen molar-refractivity contribution in [2.24, 2.45) is 0 Å². The van der Waals surface area contributed by atoms with Crippen LogP contribution in [0.4, 0.5) is 15.2 Å². The monoisotopic (exact) mass is 480 g/mol. The molecule has 4 aromatic rings. The number of anilines is 2. The zero-order valence-corrected chi connectivity index (χ0v) is 19.4. The summed E-state index contributed by atoms with van der Waals surface area (Å²) >= 11 is 1.13. The smallest absolute Gasteiger partial charge is 0.255 e. The van der Waals surface area contributed by atoms with Crippen molar-refractivity contribution < 1.29 is 14.3 Å². The molecule has 3 N–H and O–H groups in total. The highest BCUT2D eigenvalue weighted by atomic mass is 32.1. The predicted octanol–water partition coefficient (Wildman–Crippen LogP) is 3.01. The molecule has 174 valence electrons. The molecule has 0 saturated carbocycles. The Kier molecular flexibility index (Phi) is 6.23. The fourth-order valence-corrected chi connectivity index (χ4v) is 3.71. The minimum absolute atomic E-state index is 0.167. The van der Waals surface area contributed by atoms with E-state index in [0.717, 1.165) is 11.5 Å². The van der Waals surface area contributed by atoms with Gasteiger partial charge in [0.15, 0.2) is 0 Å². The van der Waals surface area contributed by atoms with Crippen LogP contribution in [0.3, 0.4) is 0 Å². The molecule has 0 aromatic carbocycles. The first-order chi connectivity index (χ1) is 16.2. The van der Waals surface area contributed by atoms with E-state index in [0.29, 0.717) is 39.1 Å². The number of pyridine rings is 1. The molecule has 0 spiro atoms. The summed E-state index contributed by atoms with van der Waals surface area (Å²) in [5.41, 5.74) is 1.28. The molecule has 0 aliphatic rings. The molecule has 0 bridgehead atoms. The summed E-state index contributed by atoms with van der Waals surface area (Å²) in [7, 11) is 0. The first-order valence-corrected chi connectivity index (χ1v) is 11.0. The number of aryl methyl sites for hydroxylation is 1. The number of halogens is 1. The molecule has 0 radical (unpaired) electrons. The van der Waals surface area contributed by atoms with E-state index in [1.54, 1.807) is 23.6 Å². The maximum atomic E-state index is 14.1. The van der Waals surface area contributed by atoms with Crippen molar-refractivity contribution in [3.63, 3.8) is 0 Å². The van der Waals surface area contributed by atoms with Crippen molar-refractivity contribution in [3.8, 4) is 17.5 Å². The van der Waals surface area contributed by atoms with Crippen molar-refractivity contribution in [2.75, 3.05) is 11.9 Å². The summed E-state index contributed by atoms with van der Waals surface area (Å²) in [6.45, 7) is 4.05. The van der Waals surface area contributed by atoms with Crippen LogP contribution in [-0.4, -0.2) is 53.3 Å². The summed E-state index contributed by atoms with van der Waals surface area (Å²) in [5.74, 6) is 0.0137. The molecular weight excluding hydrogens is 459 g/mol. The Labute approximate surface area is 198 Å². The second kappa shape index (κ2) is 9.12. The average Bonchev–Trinajstić information content (AvgIpc) is 3.41. The summed E-state index contributed by atoms with van der Waals surface area (Å²) in [4.78, 5) is 21.5. The number of aromatic nitrogens is 5. The van der Waals surface area contributed by atoms with Crippen LogP contribution in [0.15, 0.2) is 36.7 Å². The number of fused-ring (bicyclic) bond motifs is 1. The molecule has 0 aliphatic heterocycles. The van der Waals surface area contributed by atoms with Gasteiger partial charge in [0.2, 0.25) is 5.13 Å². The summed E-state index contributed by atoms with van der Waals surface area (Å²) in [6.07, 6.45) is 1.18. The third kappa shape index (κ3) is 4.85. The second-order valence-corrected chi connectivity index (χ2v) is 8.88. The van der Waals surface area contributed by atoms with Gasteiger partial charge >= 0.3 is 0 Å². The van der Waals surface area contributed by atoms with Crippen LogP contribution in [0.5, 0.6) is 0 Å². The number of carbonyl (C=O) groups is 1. The largest absolute Gasteiger partial charge is 0.387 e. The van der Waals surface area contributed by atoms with Gasteiger partial charge < -0.3 is 15.7 Å². The van der Waals surface area contributed by atoms with Crippen LogP contribution in [0.25, 0.3) is 16.9 Å². The fraction of sp³-hybridized carbons (Fsp3) is 0.273. The number of nitrogens with one attached hydrogen (secondary N) is 2. The van der Waals surface area contributed by atoms with Crippen molar-refractivity contribution >= 4 is 33.8 Å². The maximum Gasteiger partial charge on any atom is 0.255 e. The zero-order chi connectivity index (χ0) is 24.5. The standard InChI is InChI=1S/C22H21FN8O2S/c1-12-28-21(34-30-12)29-16-7-17(18-5-4-14-6-13(8-24)9-27-31(14)18)25-10-15(16)20(32)26-11-19(23)22(2,3)33/h4-7,9-10,19,33H,11H2,1-3H3,(H,26,32)(H,25,28,29,30). The Bertz CT molecular complexity index is 1400. The molecule has 1 unspecified atom stereocenters. The van der Waals surface area contributed by atoms with E-state index in [9.17, 15) is 14.3 Å². The highest BCUT2D eigenvalue weighted by Crippen LogP contribution is 2.28. The Morgan fingerprint density at radius 1 is 1.35 bits per heavy atom. The van der Waals surface area contributed by atoms with E-state index >= 15 is 0 Å². The zero-order valence-electron chi connectivity index (χ0n) is 18.6. The van der Waals surface area contributed by atoms with E-state index in [4.69, 9.17) is 5.26 Å². The van der Waals surface area contributed by atoms with Gasteiger partial charge in [-0.15, -0.1) is 0 Å². The SMILES string of the molecule is Cc1nsc(Nc2cc(-c3ccc4cc(C#N)cnn34)ncc2C(=O)NCC(F)C(C)(C)O)n1. The number of nitriles is 1. The highest BCUT2D eigenvalue weighted by Gasteiger charge is 2.27. The first kappa shape index (κ1) is 23.2. The number of rotatable bonds is 7. The van der Waals surface area contributed by atoms with Crippen LogP contribution < -0.4 is 10.6 Å². The minimum atomic E-state index is -1.65. The lowest BCUT2D eigenvalue weighted by Crippen LogP contribution is -2.42. The van der Waals surface area contributed by atoms with Crippen molar-refractivity contribution in [2.45, 2.75) is 32.5 Å². The Morgan fingerprint density at radius 3 is 2.82 bits per heavy atom. The Morgan fingerprint density at radius 2 is 2.15 bits per heavy atom. The third-order valence-corrected chi connectivity index (χ3v) is 5.74. The molecule has 12 heteroatoms. The highest BCUT2D eigenvalue weighted by molar-refractivity contribution is 7.09. The summed E-state index contributed by atoms with van der Waals surface area (Å²) in [5, 5.41) is 29.3. The minimum Gasteiger partial charge on any atom is -0.387 e. The van der Waals surface area contributed by atoms with Crippen LogP contribution in [0.1, 0.15) is 35.6 Å². The van der Waals surface area contributed by atoms with Crippen LogP contribution in [0.2, 0.25) is 0 Å². The lowest BCUT2D eigenvalue weighted by Gasteiger charge is -2.22. The first-order valence-electron chi connectivity index (χ1n) is 10.3. The lowest BCUT2D eigenvalue weighted by atomic mass is 10.0. The Balaban J connectivity index is 1.70. The Hall–Kier alpha value is -3.95. The molecule has 4 rings (SSSR count). The number of amides is 1. The maximum absolute atomic E-state index is 14.1. The third-order valence-electron chi connectivity index (χ3n) is 5.02. The quantitative estimate of drug-likeness (QED) is 0.367. The molecule has 0 fully saturated rings. The fourth-order valence-electron chi connectivity index (χ4n) is 3.12. The average molecular weight is 481 g/mol. The van der Waals surface area contributed by atoms with Crippen molar-refractivity contribution in [3.05, 3.63) is 53.6 Å². The molecule has 1 atom stereocenters. The molecule has 1 amide bonds. The lowest BCUT2D eigenvalue weighted by molar-refractivity contribution is -0.00177. The van der Waals surface area contributed by atoms with Crippen molar-refractivity contribution in [1.29, 1.82) is 5.26 Å². The number of alkyl halides is 1.